The topological polar surface area (TPSA) is 119 Å². The van der Waals surface area contributed by atoms with E-state index in [2.05, 4.69) is 4.84 Å². The van der Waals surface area contributed by atoms with Crippen molar-refractivity contribution in [1.29, 1.82) is 0 Å². The Morgan fingerprint density at radius 3 is 2.45 bits per heavy atom. The molecule has 1 atom stereocenters. The van der Waals surface area contributed by atoms with Crippen LogP contribution >= 0.6 is 0 Å². The summed E-state index contributed by atoms with van der Waals surface area (Å²) in [5.74, 6) is -0.854. The minimum absolute atomic E-state index is 0.00350. The second-order valence-corrected chi connectivity index (χ2v) is 6.77. The Morgan fingerprint density at radius 2 is 1.86 bits per heavy atom. The molecule has 0 aromatic heterocycles. The molecule has 1 N–H and O–H groups in total. The van der Waals surface area contributed by atoms with Crippen molar-refractivity contribution in [2.24, 2.45) is 0 Å². The first-order valence-electron chi connectivity index (χ1n) is 9.08. The molecule has 2 rings (SSSR count). The maximum absolute atomic E-state index is 12.7. The van der Waals surface area contributed by atoms with Crippen LogP contribution in [0.15, 0.2) is 36.4 Å². The number of carboxylic acid groups (broad SMARTS) is 1. The van der Waals surface area contributed by atoms with Gasteiger partial charge < -0.3 is 19.6 Å². The molecule has 0 aliphatic carbocycles. The molecule has 29 heavy (non-hydrogen) atoms. The van der Waals surface area contributed by atoms with Crippen LogP contribution in [-0.4, -0.2) is 53.8 Å². The maximum Gasteiger partial charge on any atom is 0.314 e. The molecule has 156 valence electrons. The maximum atomic E-state index is 12.7. The van der Waals surface area contributed by atoms with Crippen molar-refractivity contribution < 1.29 is 29.4 Å². The van der Waals surface area contributed by atoms with Gasteiger partial charge in [0, 0.05) is 19.5 Å². The zero-order valence-corrected chi connectivity index (χ0v) is 16.6. The predicted molar refractivity (Wildman–Crippen MR) is 105 cm³/mol. The molecular weight excluding hydrogens is 380 g/mol. The lowest BCUT2D eigenvalue weighted by Gasteiger charge is -2.29. The number of hydrogen-bond donors (Lipinski definition) is 1. The highest BCUT2D eigenvalue weighted by atomic mass is 16.9. The molecule has 0 heterocycles. The van der Waals surface area contributed by atoms with E-state index in [1.807, 2.05) is 12.1 Å². The highest BCUT2D eigenvalue weighted by Crippen LogP contribution is 2.32. The first-order chi connectivity index (χ1) is 13.7. The van der Waals surface area contributed by atoms with Gasteiger partial charge in [-0.3, -0.25) is 9.59 Å². The number of nitrogens with zero attached hydrogens (tertiary/aromatic N) is 2. The first kappa shape index (κ1) is 21.9. The molecule has 9 nitrogen and oxygen atoms in total. The Balaban J connectivity index is 2.28. The van der Waals surface area contributed by atoms with Gasteiger partial charge in [-0.05, 0) is 48.4 Å². The predicted octanol–water partition coefficient (Wildman–Crippen LogP) is 2.64. The van der Waals surface area contributed by atoms with E-state index in [1.165, 1.54) is 11.8 Å². The number of carboxylic acids is 1. The van der Waals surface area contributed by atoms with Crippen molar-refractivity contribution in [3.63, 3.8) is 0 Å². The van der Waals surface area contributed by atoms with Crippen LogP contribution in [0.25, 0.3) is 10.8 Å². The number of aliphatic carboxylic acids is 1. The summed E-state index contributed by atoms with van der Waals surface area (Å²) in [6.45, 7) is 3.23. The summed E-state index contributed by atoms with van der Waals surface area (Å²) in [5.41, 5.74) is -0.962. The average Bonchev–Trinajstić information content (AvgIpc) is 2.69. The Morgan fingerprint density at radius 1 is 1.21 bits per heavy atom. The van der Waals surface area contributed by atoms with Crippen LogP contribution < -0.4 is 4.74 Å². The third kappa shape index (κ3) is 5.13. The average molecular weight is 404 g/mol. The Bertz CT molecular complexity index is 915. The Kier molecular flexibility index (Phi) is 6.98. The normalized spacial score (nSPS) is 12.8. The molecule has 0 spiro atoms. The Hall–Kier alpha value is -3.36. The van der Waals surface area contributed by atoms with E-state index in [9.17, 15) is 24.8 Å². The minimum Gasteiger partial charge on any atom is -0.497 e. The van der Waals surface area contributed by atoms with Crippen LogP contribution in [0.3, 0.4) is 0 Å². The quantitative estimate of drug-likeness (QED) is 0.477. The number of likely N-dealkylation sites (N-methyl/N-ethyl adjacent to an activating group) is 1. The van der Waals surface area contributed by atoms with E-state index < -0.39 is 22.4 Å². The number of amides is 1. The van der Waals surface area contributed by atoms with Crippen molar-refractivity contribution in [3.8, 4) is 5.75 Å². The van der Waals surface area contributed by atoms with Gasteiger partial charge in [-0.15, -0.1) is 10.1 Å². The molecule has 0 fully saturated rings. The number of carbonyl (C=O) groups is 2. The molecule has 0 unspecified atom stereocenters. The minimum atomic E-state index is -1.46. The van der Waals surface area contributed by atoms with Gasteiger partial charge in [0.25, 0.3) is 5.09 Å². The second kappa shape index (κ2) is 9.22. The summed E-state index contributed by atoms with van der Waals surface area (Å²) in [5, 5.41) is 21.0. The molecule has 0 bridgehead atoms. The molecule has 0 aliphatic rings. The molecule has 2 aromatic carbocycles. The summed E-state index contributed by atoms with van der Waals surface area (Å²) >= 11 is 0. The van der Waals surface area contributed by atoms with Gasteiger partial charge in [0.2, 0.25) is 5.91 Å². The van der Waals surface area contributed by atoms with Crippen molar-refractivity contribution in [2.75, 3.05) is 26.8 Å². The number of ether oxygens (including phenoxy) is 1. The molecule has 0 saturated heterocycles. The number of hydrogen-bond acceptors (Lipinski definition) is 6. The number of carbonyl (C=O) groups excluding carboxylic acids is 1. The molecule has 2 aromatic rings. The third-order valence-electron chi connectivity index (χ3n) is 4.95. The lowest BCUT2D eigenvalue weighted by molar-refractivity contribution is -0.757. The van der Waals surface area contributed by atoms with Crippen LogP contribution in [0.4, 0.5) is 0 Å². The van der Waals surface area contributed by atoms with Gasteiger partial charge in [-0.1, -0.05) is 18.2 Å². The molecule has 9 heteroatoms. The molecule has 0 radical (unpaired) electrons. The second-order valence-electron chi connectivity index (χ2n) is 6.77. The van der Waals surface area contributed by atoms with Crippen LogP contribution in [0.1, 0.15) is 25.8 Å². The summed E-state index contributed by atoms with van der Waals surface area (Å²) in [7, 11) is 1.57. The van der Waals surface area contributed by atoms with E-state index in [-0.39, 0.29) is 26.1 Å². The fraction of sp³-hybridized carbons (Fsp3) is 0.400. The molecule has 1 amide bonds. The number of rotatable bonds is 10. The zero-order chi connectivity index (χ0) is 21.6. The van der Waals surface area contributed by atoms with Crippen molar-refractivity contribution in [1.82, 2.24) is 4.90 Å². The van der Waals surface area contributed by atoms with E-state index in [0.717, 1.165) is 10.8 Å². The van der Waals surface area contributed by atoms with Crippen LogP contribution in [-0.2, 0) is 19.8 Å². The van der Waals surface area contributed by atoms with Gasteiger partial charge in [-0.25, -0.2) is 0 Å². The molecule has 0 saturated carbocycles. The smallest absolute Gasteiger partial charge is 0.314 e. The van der Waals surface area contributed by atoms with Gasteiger partial charge in [-0.2, -0.15) is 0 Å². The highest BCUT2D eigenvalue weighted by molar-refractivity contribution is 5.91. The SMILES string of the molecule is CCN(CCO[N+](=O)[O-])C(=O)C[C@](C)(C(=O)O)c1ccc2cc(OC)ccc2c1. The van der Waals surface area contributed by atoms with Crippen molar-refractivity contribution in [3.05, 3.63) is 52.1 Å². The first-order valence-corrected chi connectivity index (χ1v) is 9.08. The van der Waals surface area contributed by atoms with Crippen molar-refractivity contribution >= 4 is 22.6 Å². The monoisotopic (exact) mass is 404 g/mol. The number of fused-ring (bicyclic) bond motifs is 1. The van der Waals surface area contributed by atoms with Crippen LogP contribution in [0, 0.1) is 10.1 Å². The number of benzene rings is 2. The molecular formula is C20H24N2O7. The largest absolute Gasteiger partial charge is 0.497 e. The van der Waals surface area contributed by atoms with Crippen molar-refractivity contribution in [2.45, 2.75) is 25.7 Å². The summed E-state index contributed by atoms with van der Waals surface area (Å²) in [6, 6.07) is 10.7. The van der Waals surface area contributed by atoms with Crippen LogP contribution in [0.5, 0.6) is 5.75 Å². The lowest BCUT2D eigenvalue weighted by atomic mass is 9.78. The van der Waals surface area contributed by atoms with E-state index in [1.54, 1.807) is 38.3 Å². The van der Waals surface area contributed by atoms with Gasteiger partial charge in [0.15, 0.2) is 0 Å². The fourth-order valence-electron chi connectivity index (χ4n) is 3.09. The summed E-state index contributed by atoms with van der Waals surface area (Å²) in [4.78, 5) is 40.7. The van der Waals surface area contributed by atoms with E-state index in [4.69, 9.17) is 4.74 Å². The molecule has 0 aliphatic heterocycles. The third-order valence-corrected chi connectivity index (χ3v) is 4.95. The fourth-order valence-corrected chi connectivity index (χ4v) is 3.09. The zero-order valence-electron chi connectivity index (χ0n) is 16.6. The standard InChI is InChI=1S/C20H24N2O7/c1-4-21(9-10-29-22(26)27)18(23)13-20(2,19(24)25)16-7-5-15-12-17(28-3)8-6-14(15)11-16/h5-8,11-12H,4,9-10,13H2,1-3H3,(H,24,25)/t20-/m0/s1. The number of methoxy groups -OCH3 is 1. The van der Waals surface area contributed by atoms with E-state index >= 15 is 0 Å². The Labute approximate surface area is 167 Å². The van der Waals surface area contributed by atoms with Gasteiger partial charge in [0.1, 0.15) is 12.4 Å². The highest BCUT2D eigenvalue weighted by Gasteiger charge is 2.38. The van der Waals surface area contributed by atoms with Gasteiger partial charge in [0.05, 0.1) is 12.5 Å². The van der Waals surface area contributed by atoms with Crippen LogP contribution in [0.2, 0.25) is 0 Å². The van der Waals surface area contributed by atoms with E-state index in [0.29, 0.717) is 11.3 Å². The lowest BCUT2D eigenvalue weighted by Crippen LogP contribution is -2.42. The summed E-state index contributed by atoms with van der Waals surface area (Å²) in [6.07, 6.45) is -0.281. The van der Waals surface area contributed by atoms with Gasteiger partial charge >= 0.3 is 5.97 Å². The summed E-state index contributed by atoms with van der Waals surface area (Å²) < 4.78 is 5.20.